The standard InChI is InChI=1S/C17H22N2O4/c1-10(2)19(9-15(20)21)17(23)12-5-4-6-13(8-12)18-16(22)14-7-11(14)3/h4-6,8,10-11,14H,7,9H2,1-3H3,(H,18,22)(H,20,21). The van der Waals surface area contributed by atoms with Gasteiger partial charge >= 0.3 is 5.97 Å². The number of carboxylic acids is 1. The number of hydrogen-bond donors (Lipinski definition) is 2. The Hall–Kier alpha value is -2.37. The SMILES string of the molecule is CC1CC1C(=O)Nc1cccc(C(=O)N(CC(=O)O)C(C)C)c1. The molecule has 2 unspecified atom stereocenters. The molecule has 6 nitrogen and oxygen atoms in total. The Morgan fingerprint density at radius 2 is 2.00 bits per heavy atom. The fraction of sp³-hybridized carbons (Fsp3) is 0.471. The predicted molar refractivity (Wildman–Crippen MR) is 86.2 cm³/mol. The van der Waals surface area contributed by atoms with Crippen LogP contribution in [0.3, 0.4) is 0 Å². The second kappa shape index (κ2) is 6.81. The Labute approximate surface area is 135 Å². The molecular formula is C17H22N2O4. The van der Waals surface area contributed by atoms with Crippen LogP contribution >= 0.6 is 0 Å². The van der Waals surface area contributed by atoms with Crippen LogP contribution in [-0.4, -0.2) is 40.4 Å². The minimum atomic E-state index is -1.06. The Bertz CT molecular complexity index is 627. The highest BCUT2D eigenvalue weighted by Gasteiger charge is 2.39. The van der Waals surface area contributed by atoms with Crippen LogP contribution in [0.15, 0.2) is 24.3 Å². The highest BCUT2D eigenvalue weighted by atomic mass is 16.4. The van der Waals surface area contributed by atoms with Crippen molar-refractivity contribution in [2.45, 2.75) is 33.2 Å². The zero-order valence-electron chi connectivity index (χ0n) is 13.6. The van der Waals surface area contributed by atoms with Crippen LogP contribution in [-0.2, 0) is 9.59 Å². The molecule has 0 aliphatic heterocycles. The van der Waals surface area contributed by atoms with Crippen LogP contribution in [0.2, 0.25) is 0 Å². The summed E-state index contributed by atoms with van der Waals surface area (Å²) in [6.45, 7) is 5.20. The van der Waals surface area contributed by atoms with Crippen molar-refractivity contribution in [3.05, 3.63) is 29.8 Å². The maximum Gasteiger partial charge on any atom is 0.323 e. The zero-order valence-corrected chi connectivity index (χ0v) is 13.6. The second-order valence-electron chi connectivity index (χ2n) is 6.31. The topological polar surface area (TPSA) is 86.7 Å². The largest absolute Gasteiger partial charge is 0.480 e. The lowest BCUT2D eigenvalue weighted by molar-refractivity contribution is -0.138. The van der Waals surface area contributed by atoms with Crippen LogP contribution in [0.25, 0.3) is 0 Å². The normalized spacial score (nSPS) is 19.3. The molecule has 1 aromatic carbocycles. The molecule has 2 amide bonds. The van der Waals surface area contributed by atoms with Crippen molar-refractivity contribution in [1.82, 2.24) is 4.90 Å². The van der Waals surface area contributed by atoms with E-state index >= 15 is 0 Å². The number of benzene rings is 1. The Kier molecular flexibility index (Phi) is 5.03. The molecule has 0 spiro atoms. The number of aliphatic carboxylic acids is 1. The van der Waals surface area contributed by atoms with Gasteiger partial charge in [0.25, 0.3) is 5.91 Å². The zero-order chi connectivity index (χ0) is 17.1. The Balaban J connectivity index is 2.12. The van der Waals surface area contributed by atoms with Crippen molar-refractivity contribution in [2.75, 3.05) is 11.9 Å². The van der Waals surface area contributed by atoms with Crippen molar-refractivity contribution in [3.63, 3.8) is 0 Å². The van der Waals surface area contributed by atoms with Gasteiger partial charge in [-0.05, 0) is 44.4 Å². The summed E-state index contributed by atoms with van der Waals surface area (Å²) < 4.78 is 0. The quantitative estimate of drug-likeness (QED) is 0.842. The summed E-state index contributed by atoms with van der Waals surface area (Å²) >= 11 is 0. The minimum absolute atomic E-state index is 0.0339. The van der Waals surface area contributed by atoms with Crippen LogP contribution < -0.4 is 5.32 Å². The number of carboxylic acid groups (broad SMARTS) is 1. The molecule has 1 aliphatic rings. The average molecular weight is 318 g/mol. The van der Waals surface area contributed by atoms with Gasteiger partial charge in [0.1, 0.15) is 6.54 Å². The number of rotatable bonds is 6. The first-order valence-electron chi connectivity index (χ1n) is 7.73. The maximum atomic E-state index is 12.5. The summed E-state index contributed by atoms with van der Waals surface area (Å²) in [7, 11) is 0. The van der Waals surface area contributed by atoms with E-state index in [-0.39, 0.29) is 30.3 Å². The number of nitrogens with one attached hydrogen (secondary N) is 1. The fourth-order valence-corrected chi connectivity index (χ4v) is 2.45. The average Bonchev–Trinajstić information content (AvgIpc) is 3.21. The van der Waals surface area contributed by atoms with E-state index in [4.69, 9.17) is 5.11 Å². The molecule has 1 aromatic rings. The summed E-state index contributed by atoms with van der Waals surface area (Å²) in [5.74, 6) is -0.994. The number of amides is 2. The van der Waals surface area contributed by atoms with Crippen LogP contribution in [0.1, 0.15) is 37.6 Å². The van der Waals surface area contributed by atoms with E-state index in [0.29, 0.717) is 17.2 Å². The van der Waals surface area contributed by atoms with Crippen LogP contribution in [0.4, 0.5) is 5.69 Å². The fourth-order valence-electron chi connectivity index (χ4n) is 2.45. The second-order valence-corrected chi connectivity index (χ2v) is 6.31. The van der Waals surface area contributed by atoms with E-state index in [2.05, 4.69) is 5.32 Å². The lowest BCUT2D eigenvalue weighted by Crippen LogP contribution is -2.40. The molecule has 0 aromatic heterocycles. The number of carbonyl (C=O) groups excluding carboxylic acids is 2. The van der Waals surface area contributed by atoms with Gasteiger partial charge in [-0.15, -0.1) is 0 Å². The first-order chi connectivity index (χ1) is 10.8. The molecule has 23 heavy (non-hydrogen) atoms. The molecule has 6 heteroatoms. The number of hydrogen-bond acceptors (Lipinski definition) is 3. The molecule has 2 atom stereocenters. The van der Waals surface area contributed by atoms with Crippen molar-refractivity contribution in [2.24, 2.45) is 11.8 Å². The summed E-state index contributed by atoms with van der Waals surface area (Å²) in [6.07, 6.45) is 0.893. The molecule has 1 fully saturated rings. The summed E-state index contributed by atoms with van der Waals surface area (Å²) in [5.41, 5.74) is 0.917. The van der Waals surface area contributed by atoms with E-state index in [1.165, 1.54) is 4.90 Å². The molecule has 2 N–H and O–H groups in total. The third-order valence-corrected chi connectivity index (χ3v) is 4.01. The Morgan fingerprint density at radius 1 is 1.35 bits per heavy atom. The van der Waals surface area contributed by atoms with Gasteiger partial charge in [0, 0.05) is 23.2 Å². The van der Waals surface area contributed by atoms with Gasteiger partial charge in [0.2, 0.25) is 5.91 Å². The van der Waals surface area contributed by atoms with Gasteiger partial charge in [-0.1, -0.05) is 13.0 Å². The summed E-state index contributed by atoms with van der Waals surface area (Å²) in [6, 6.07) is 6.38. The van der Waals surface area contributed by atoms with Crippen LogP contribution in [0, 0.1) is 11.8 Å². The molecule has 0 bridgehead atoms. The highest BCUT2D eigenvalue weighted by Crippen LogP contribution is 2.38. The number of carbonyl (C=O) groups is 3. The molecule has 1 saturated carbocycles. The molecule has 124 valence electrons. The summed E-state index contributed by atoms with van der Waals surface area (Å²) in [4.78, 5) is 36.7. The smallest absolute Gasteiger partial charge is 0.323 e. The Morgan fingerprint density at radius 3 is 2.52 bits per heavy atom. The van der Waals surface area contributed by atoms with E-state index in [1.54, 1.807) is 38.1 Å². The number of nitrogens with zero attached hydrogens (tertiary/aromatic N) is 1. The van der Waals surface area contributed by atoms with E-state index < -0.39 is 5.97 Å². The number of anilines is 1. The third kappa shape index (κ3) is 4.31. The van der Waals surface area contributed by atoms with E-state index in [0.717, 1.165) is 6.42 Å². The first-order valence-corrected chi connectivity index (χ1v) is 7.73. The predicted octanol–water partition coefficient (Wildman–Crippen LogP) is 2.22. The van der Waals surface area contributed by atoms with E-state index in [1.807, 2.05) is 6.92 Å². The van der Waals surface area contributed by atoms with Gasteiger partial charge in [0.15, 0.2) is 0 Å². The van der Waals surface area contributed by atoms with Gasteiger partial charge in [0.05, 0.1) is 0 Å². The maximum absolute atomic E-state index is 12.5. The lowest BCUT2D eigenvalue weighted by Gasteiger charge is -2.25. The molecule has 0 heterocycles. The van der Waals surface area contributed by atoms with Gasteiger partial charge in [-0.2, -0.15) is 0 Å². The minimum Gasteiger partial charge on any atom is -0.480 e. The first kappa shape index (κ1) is 17.0. The summed E-state index contributed by atoms with van der Waals surface area (Å²) in [5, 5.41) is 11.8. The molecule has 0 radical (unpaired) electrons. The lowest BCUT2D eigenvalue weighted by atomic mass is 10.1. The van der Waals surface area contributed by atoms with Crippen molar-refractivity contribution >= 4 is 23.5 Å². The van der Waals surface area contributed by atoms with Gasteiger partial charge in [-0.25, -0.2) is 0 Å². The highest BCUT2D eigenvalue weighted by molar-refractivity contribution is 5.99. The molecule has 0 saturated heterocycles. The molecule has 2 rings (SSSR count). The van der Waals surface area contributed by atoms with Crippen molar-refractivity contribution < 1.29 is 19.5 Å². The van der Waals surface area contributed by atoms with Gasteiger partial charge in [-0.3, -0.25) is 14.4 Å². The van der Waals surface area contributed by atoms with Crippen LogP contribution in [0.5, 0.6) is 0 Å². The van der Waals surface area contributed by atoms with E-state index in [9.17, 15) is 14.4 Å². The monoisotopic (exact) mass is 318 g/mol. The third-order valence-electron chi connectivity index (χ3n) is 4.01. The molecular weight excluding hydrogens is 296 g/mol. The van der Waals surface area contributed by atoms with Crippen molar-refractivity contribution in [3.8, 4) is 0 Å². The molecule has 1 aliphatic carbocycles. The van der Waals surface area contributed by atoms with Crippen molar-refractivity contribution in [1.29, 1.82) is 0 Å². The van der Waals surface area contributed by atoms with Gasteiger partial charge < -0.3 is 15.3 Å².